The van der Waals surface area contributed by atoms with Gasteiger partial charge in [-0.25, -0.2) is 23.1 Å². The minimum atomic E-state index is -2.70. The molecule has 0 radical (unpaired) electrons. The Hall–Kier alpha value is -1.37. The van der Waals surface area contributed by atoms with E-state index in [0.717, 1.165) is 6.92 Å². The van der Waals surface area contributed by atoms with E-state index in [1.165, 1.54) is 6.33 Å². The number of hydrogen-bond acceptors (Lipinski definition) is 4. The Labute approximate surface area is 116 Å². The molecule has 0 spiro atoms. The lowest BCUT2D eigenvalue weighted by molar-refractivity contribution is -0.0156. The molecular formula is C13H19F3N4. The Kier molecular flexibility index (Phi) is 4.47. The van der Waals surface area contributed by atoms with Crippen molar-refractivity contribution in [3.8, 4) is 0 Å². The highest BCUT2D eigenvalue weighted by Gasteiger charge is 2.28. The van der Waals surface area contributed by atoms with E-state index in [1.807, 2.05) is 6.92 Å². The smallest absolute Gasteiger partial charge is 0.257 e. The van der Waals surface area contributed by atoms with Crippen LogP contribution in [0.5, 0.6) is 0 Å². The first-order valence-electron chi connectivity index (χ1n) is 6.75. The van der Waals surface area contributed by atoms with Crippen molar-refractivity contribution >= 4 is 5.82 Å². The fourth-order valence-corrected chi connectivity index (χ4v) is 2.37. The summed E-state index contributed by atoms with van der Waals surface area (Å²) in [6, 6.07) is 0. The van der Waals surface area contributed by atoms with E-state index in [2.05, 4.69) is 9.97 Å². The first-order chi connectivity index (χ1) is 9.40. The molecule has 2 heterocycles. The lowest BCUT2D eigenvalue weighted by Gasteiger charge is -2.36. The molecule has 1 aromatic heterocycles. The molecule has 2 rings (SSSR count). The summed E-state index contributed by atoms with van der Waals surface area (Å²) in [6.45, 7) is 4.43. The SMILES string of the molecule is CCc1ncnc(N2CCN(CC(C)(F)F)CC2)c1F. The summed E-state index contributed by atoms with van der Waals surface area (Å²) >= 11 is 0. The number of alkyl halides is 2. The summed E-state index contributed by atoms with van der Waals surface area (Å²) in [5.74, 6) is -2.82. The molecule has 0 amide bonds. The van der Waals surface area contributed by atoms with E-state index in [0.29, 0.717) is 38.3 Å². The minimum absolute atomic E-state index is 0.257. The normalized spacial score (nSPS) is 17.6. The minimum Gasteiger partial charge on any atom is -0.352 e. The molecule has 0 bridgehead atoms. The van der Waals surface area contributed by atoms with Crippen molar-refractivity contribution in [1.29, 1.82) is 0 Å². The van der Waals surface area contributed by atoms with Crippen molar-refractivity contribution in [2.75, 3.05) is 37.6 Å². The number of nitrogens with zero attached hydrogens (tertiary/aromatic N) is 4. The molecule has 1 aliphatic heterocycles. The number of halogens is 3. The van der Waals surface area contributed by atoms with Crippen molar-refractivity contribution in [3.05, 3.63) is 17.8 Å². The molecule has 0 aromatic carbocycles. The van der Waals surface area contributed by atoms with E-state index >= 15 is 0 Å². The van der Waals surface area contributed by atoms with Crippen LogP contribution in [-0.4, -0.2) is 53.5 Å². The monoisotopic (exact) mass is 288 g/mol. The molecule has 0 saturated carbocycles. The predicted octanol–water partition coefficient (Wildman–Crippen LogP) is 1.96. The number of hydrogen-bond donors (Lipinski definition) is 0. The summed E-state index contributed by atoms with van der Waals surface area (Å²) in [6.07, 6.45) is 1.85. The number of aryl methyl sites for hydroxylation is 1. The third-order valence-electron chi connectivity index (χ3n) is 3.35. The van der Waals surface area contributed by atoms with Gasteiger partial charge in [-0.1, -0.05) is 6.92 Å². The number of anilines is 1. The van der Waals surface area contributed by atoms with Gasteiger partial charge in [0.15, 0.2) is 11.6 Å². The molecule has 0 N–H and O–H groups in total. The Balaban J connectivity index is 2.01. The quantitative estimate of drug-likeness (QED) is 0.848. The zero-order valence-corrected chi connectivity index (χ0v) is 11.7. The van der Waals surface area contributed by atoms with Gasteiger partial charge in [-0.05, 0) is 6.42 Å². The molecule has 1 fully saturated rings. The second kappa shape index (κ2) is 5.95. The van der Waals surface area contributed by atoms with Crippen LogP contribution in [-0.2, 0) is 6.42 Å². The number of piperazine rings is 1. The molecule has 0 unspecified atom stereocenters. The average molecular weight is 288 g/mol. The van der Waals surface area contributed by atoms with Crippen molar-refractivity contribution in [2.45, 2.75) is 26.2 Å². The van der Waals surface area contributed by atoms with Crippen LogP contribution in [0.25, 0.3) is 0 Å². The zero-order chi connectivity index (χ0) is 14.8. The van der Waals surface area contributed by atoms with Crippen LogP contribution in [0.1, 0.15) is 19.5 Å². The molecule has 20 heavy (non-hydrogen) atoms. The van der Waals surface area contributed by atoms with Gasteiger partial charge >= 0.3 is 0 Å². The van der Waals surface area contributed by atoms with Crippen LogP contribution >= 0.6 is 0 Å². The highest BCUT2D eigenvalue weighted by atomic mass is 19.3. The van der Waals surface area contributed by atoms with Crippen molar-refractivity contribution in [3.63, 3.8) is 0 Å². The largest absolute Gasteiger partial charge is 0.352 e. The first kappa shape index (κ1) is 15.0. The van der Waals surface area contributed by atoms with E-state index in [9.17, 15) is 13.2 Å². The lowest BCUT2D eigenvalue weighted by atomic mass is 10.2. The van der Waals surface area contributed by atoms with Crippen LogP contribution in [0.15, 0.2) is 6.33 Å². The van der Waals surface area contributed by atoms with Gasteiger partial charge in [0.05, 0.1) is 12.2 Å². The molecule has 112 valence electrons. The Morgan fingerprint density at radius 1 is 1.20 bits per heavy atom. The molecule has 0 aliphatic carbocycles. The van der Waals surface area contributed by atoms with Gasteiger partial charge in [-0.3, -0.25) is 4.90 Å². The molecule has 7 heteroatoms. The van der Waals surface area contributed by atoms with E-state index in [-0.39, 0.29) is 12.4 Å². The van der Waals surface area contributed by atoms with Crippen LogP contribution in [0.3, 0.4) is 0 Å². The van der Waals surface area contributed by atoms with Gasteiger partial charge in [-0.2, -0.15) is 0 Å². The molecule has 1 aliphatic rings. The maximum absolute atomic E-state index is 14.1. The summed E-state index contributed by atoms with van der Waals surface area (Å²) in [7, 11) is 0. The summed E-state index contributed by atoms with van der Waals surface area (Å²) in [4.78, 5) is 11.4. The molecule has 1 aromatic rings. The maximum Gasteiger partial charge on any atom is 0.257 e. The topological polar surface area (TPSA) is 32.3 Å². The average Bonchev–Trinajstić information content (AvgIpc) is 2.38. The van der Waals surface area contributed by atoms with E-state index in [1.54, 1.807) is 9.80 Å². The van der Waals surface area contributed by atoms with Gasteiger partial charge in [-0.15, -0.1) is 0 Å². The molecule has 0 atom stereocenters. The van der Waals surface area contributed by atoms with Crippen LogP contribution < -0.4 is 4.90 Å². The standard InChI is InChI=1S/C13H19F3N4/c1-3-10-11(14)12(18-9-17-10)20-6-4-19(5-7-20)8-13(2,15)16/h9H,3-8H2,1-2H3. The highest BCUT2D eigenvalue weighted by Crippen LogP contribution is 2.21. The molecular weight excluding hydrogens is 269 g/mol. The Bertz CT molecular complexity index is 453. The van der Waals surface area contributed by atoms with Gasteiger partial charge < -0.3 is 4.90 Å². The summed E-state index contributed by atoms with van der Waals surface area (Å²) in [5.41, 5.74) is 0.387. The van der Waals surface area contributed by atoms with Crippen LogP contribution in [0, 0.1) is 5.82 Å². The fraction of sp³-hybridized carbons (Fsp3) is 0.692. The van der Waals surface area contributed by atoms with Crippen molar-refractivity contribution < 1.29 is 13.2 Å². The van der Waals surface area contributed by atoms with Gasteiger partial charge in [0.1, 0.15) is 6.33 Å². The summed E-state index contributed by atoms with van der Waals surface area (Å²) in [5, 5.41) is 0. The van der Waals surface area contributed by atoms with Crippen LogP contribution in [0.4, 0.5) is 19.0 Å². The van der Waals surface area contributed by atoms with Crippen molar-refractivity contribution in [2.24, 2.45) is 0 Å². The second-order valence-electron chi connectivity index (χ2n) is 5.14. The van der Waals surface area contributed by atoms with Crippen molar-refractivity contribution in [1.82, 2.24) is 14.9 Å². The van der Waals surface area contributed by atoms with Crippen LogP contribution in [0.2, 0.25) is 0 Å². The molecule has 4 nitrogen and oxygen atoms in total. The highest BCUT2D eigenvalue weighted by molar-refractivity contribution is 5.41. The first-order valence-corrected chi connectivity index (χ1v) is 6.75. The Morgan fingerprint density at radius 2 is 1.85 bits per heavy atom. The predicted molar refractivity (Wildman–Crippen MR) is 70.6 cm³/mol. The summed E-state index contributed by atoms with van der Waals surface area (Å²) < 4.78 is 40.0. The lowest BCUT2D eigenvalue weighted by Crippen LogP contribution is -2.49. The third kappa shape index (κ3) is 3.59. The zero-order valence-electron chi connectivity index (χ0n) is 11.7. The second-order valence-corrected chi connectivity index (χ2v) is 5.14. The van der Waals surface area contributed by atoms with Gasteiger partial charge in [0.2, 0.25) is 0 Å². The number of aromatic nitrogens is 2. The number of rotatable bonds is 4. The van der Waals surface area contributed by atoms with Gasteiger partial charge in [0.25, 0.3) is 5.92 Å². The molecule has 1 saturated heterocycles. The maximum atomic E-state index is 14.1. The van der Waals surface area contributed by atoms with E-state index < -0.39 is 11.7 Å². The Morgan fingerprint density at radius 3 is 2.40 bits per heavy atom. The van der Waals surface area contributed by atoms with Gasteiger partial charge in [0, 0.05) is 33.1 Å². The third-order valence-corrected chi connectivity index (χ3v) is 3.35. The van der Waals surface area contributed by atoms with E-state index in [4.69, 9.17) is 0 Å². The fourth-order valence-electron chi connectivity index (χ4n) is 2.37.